The highest BCUT2D eigenvalue weighted by Crippen LogP contribution is 2.26. The Morgan fingerprint density at radius 3 is 3.10 bits per heavy atom. The molecule has 1 N–H and O–H groups in total. The summed E-state index contributed by atoms with van der Waals surface area (Å²) < 4.78 is 1.86. The summed E-state index contributed by atoms with van der Waals surface area (Å²) in [6, 6.07) is 9.10. The van der Waals surface area contributed by atoms with E-state index in [9.17, 15) is 0 Å². The van der Waals surface area contributed by atoms with Gasteiger partial charge in [-0.05, 0) is 25.0 Å². The predicted molar refractivity (Wildman–Crippen MR) is 79.8 cm³/mol. The van der Waals surface area contributed by atoms with Crippen LogP contribution in [0, 0.1) is 0 Å². The van der Waals surface area contributed by atoms with Gasteiger partial charge in [0.05, 0.1) is 6.54 Å². The Morgan fingerprint density at radius 2 is 2.25 bits per heavy atom. The minimum atomic E-state index is 0.398. The number of para-hydroxylation sites is 1. The van der Waals surface area contributed by atoms with E-state index in [0.29, 0.717) is 6.04 Å². The van der Waals surface area contributed by atoms with Gasteiger partial charge in [0, 0.05) is 31.4 Å². The zero-order valence-corrected chi connectivity index (χ0v) is 11.9. The Hall–Kier alpha value is -1.88. The molecule has 5 nitrogen and oxygen atoms in total. The third-order valence-corrected chi connectivity index (χ3v) is 3.79. The van der Waals surface area contributed by atoms with Crippen LogP contribution in [0.3, 0.4) is 0 Å². The molecule has 0 unspecified atom stereocenters. The number of aromatic nitrogens is 3. The molecule has 1 aromatic heterocycles. The molecule has 0 fully saturated rings. The fraction of sp³-hybridized carbons (Fsp3) is 0.467. The summed E-state index contributed by atoms with van der Waals surface area (Å²) >= 11 is 0. The van der Waals surface area contributed by atoms with Crippen molar-refractivity contribution in [3.63, 3.8) is 0 Å². The molecule has 5 heteroatoms. The van der Waals surface area contributed by atoms with E-state index in [1.54, 1.807) is 12.7 Å². The van der Waals surface area contributed by atoms with Gasteiger partial charge in [-0.1, -0.05) is 18.2 Å². The number of hydrogen-bond donors (Lipinski definition) is 1. The van der Waals surface area contributed by atoms with E-state index in [1.165, 1.54) is 17.7 Å². The van der Waals surface area contributed by atoms with Gasteiger partial charge in [0.2, 0.25) is 0 Å². The van der Waals surface area contributed by atoms with E-state index in [-0.39, 0.29) is 0 Å². The molecular weight excluding hydrogens is 250 g/mol. The van der Waals surface area contributed by atoms with Crippen molar-refractivity contribution < 1.29 is 0 Å². The molecule has 2 heterocycles. The molecule has 0 radical (unpaired) electrons. The van der Waals surface area contributed by atoms with Gasteiger partial charge in [0.25, 0.3) is 0 Å². The first kappa shape index (κ1) is 13.1. The average molecular weight is 271 g/mol. The summed E-state index contributed by atoms with van der Waals surface area (Å²) in [7, 11) is 0. The van der Waals surface area contributed by atoms with E-state index in [0.717, 1.165) is 26.2 Å². The zero-order chi connectivity index (χ0) is 13.8. The summed E-state index contributed by atoms with van der Waals surface area (Å²) in [6.45, 7) is 6.22. The third kappa shape index (κ3) is 2.99. The van der Waals surface area contributed by atoms with Crippen molar-refractivity contribution in [2.24, 2.45) is 0 Å². The molecule has 1 aromatic carbocycles. The first-order valence-corrected chi connectivity index (χ1v) is 7.21. The Balaban J connectivity index is 1.44. The molecule has 0 spiro atoms. The predicted octanol–water partition coefficient (Wildman–Crippen LogP) is 1.32. The normalized spacial score (nSPS) is 15.3. The number of nitrogens with zero attached hydrogens (tertiary/aromatic N) is 4. The summed E-state index contributed by atoms with van der Waals surface area (Å²) in [4.78, 5) is 6.42. The highest BCUT2D eigenvalue weighted by atomic mass is 15.3. The van der Waals surface area contributed by atoms with Crippen molar-refractivity contribution in [2.45, 2.75) is 25.9 Å². The van der Waals surface area contributed by atoms with Crippen LogP contribution in [0.4, 0.5) is 5.69 Å². The Labute approximate surface area is 119 Å². The number of hydrogen-bond acceptors (Lipinski definition) is 4. The number of fused-ring (bicyclic) bond motifs is 1. The molecule has 0 bridgehead atoms. The van der Waals surface area contributed by atoms with E-state index < -0.39 is 0 Å². The molecule has 0 amide bonds. The fourth-order valence-electron chi connectivity index (χ4n) is 2.76. The Bertz CT molecular complexity index is 537. The molecule has 1 aliphatic rings. The quantitative estimate of drug-likeness (QED) is 0.861. The SMILES string of the molecule is C[C@H](Cn1cncn1)NCCN1CCc2ccccc21. The van der Waals surface area contributed by atoms with Gasteiger partial charge in [-0.2, -0.15) is 5.10 Å². The molecule has 3 rings (SSSR count). The highest BCUT2D eigenvalue weighted by Gasteiger charge is 2.17. The highest BCUT2D eigenvalue weighted by molar-refractivity contribution is 5.57. The molecule has 0 saturated heterocycles. The van der Waals surface area contributed by atoms with Crippen molar-refractivity contribution >= 4 is 5.69 Å². The van der Waals surface area contributed by atoms with Crippen LogP contribution >= 0.6 is 0 Å². The fourth-order valence-corrected chi connectivity index (χ4v) is 2.76. The molecule has 20 heavy (non-hydrogen) atoms. The Kier molecular flexibility index (Phi) is 3.97. The smallest absolute Gasteiger partial charge is 0.137 e. The molecule has 1 atom stereocenters. The first-order valence-electron chi connectivity index (χ1n) is 7.21. The standard InChI is InChI=1S/C15H21N5/c1-13(10-20-12-16-11-18-20)17-7-9-19-8-6-14-4-2-3-5-15(14)19/h2-5,11-13,17H,6-10H2,1H3/t13-/m1/s1. The van der Waals surface area contributed by atoms with Gasteiger partial charge in [-0.3, -0.25) is 4.68 Å². The molecule has 0 aliphatic carbocycles. The van der Waals surface area contributed by atoms with Crippen molar-refractivity contribution in [3.8, 4) is 0 Å². The van der Waals surface area contributed by atoms with Crippen LogP contribution in [-0.4, -0.2) is 40.4 Å². The van der Waals surface area contributed by atoms with Gasteiger partial charge in [0.1, 0.15) is 12.7 Å². The Morgan fingerprint density at radius 1 is 1.35 bits per heavy atom. The second-order valence-corrected chi connectivity index (χ2v) is 5.34. The lowest BCUT2D eigenvalue weighted by Crippen LogP contribution is -2.37. The van der Waals surface area contributed by atoms with E-state index in [1.807, 2.05) is 4.68 Å². The zero-order valence-electron chi connectivity index (χ0n) is 11.9. The maximum atomic E-state index is 4.13. The molecule has 106 valence electrons. The van der Waals surface area contributed by atoms with Crippen molar-refractivity contribution in [3.05, 3.63) is 42.5 Å². The number of anilines is 1. The van der Waals surface area contributed by atoms with Crippen molar-refractivity contribution in [1.82, 2.24) is 20.1 Å². The lowest BCUT2D eigenvalue weighted by Gasteiger charge is -2.21. The summed E-state index contributed by atoms with van der Waals surface area (Å²) in [5.74, 6) is 0. The minimum Gasteiger partial charge on any atom is -0.370 e. The van der Waals surface area contributed by atoms with Gasteiger partial charge >= 0.3 is 0 Å². The third-order valence-electron chi connectivity index (χ3n) is 3.79. The van der Waals surface area contributed by atoms with Crippen LogP contribution in [0.25, 0.3) is 0 Å². The van der Waals surface area contributed by atoms with E-state index in [4.69, 9.17) is 0 Å². The summed E-state index contributed by atoms with van der Waals surface area (Å²) in [6.07, 6.45) is 4.51. The van der Waals surface area contributed by atoms with E-state index >= 15 is 0 Å². The van der Waals surface area contributed by atoms with Crippen LogP contribution in [0.15, 0.2) is 36.9 Å². The van der Waals surface area contributed by atoms with Crippen LogP contribution in [0.2, 0.25) is 0 Å². The number of rotatable bonds is 6. The van der Waals surface area contributed by atoms with Gasteiger partial charge < -0.3 is 10.2 Å². The maximum Gasteiger partial charge on any atom is 0.137 e. The summed E-state index contributed by atoms with van der Waals surface area (Å²) in [5.41, 5.74) is 2.88. The lowest BCUT2D eigenvalue weighted by molar-refractivity contribution is 0.453. The monoisotopic (exact) mass is 271 g/mol. The number of nitrogens with one attached hydrogen (secondary N) is 1. The second kappa shape index (κ2) is 6.05. The van der Waals surface area contributed by atoms with Gasteiger partial charge in [0.15, 0.2) is 0 Å². The van der Waals surface area contributed by atoms with Crippen LogP contribution in [-0.2, 0) is 13.0 Å². The van der Waals surface area contributed by atoms with Crippen LogP contribution < -0.4 is 10.2 Å². The van der Waals surface area contributed by atoms with Gasteiger partial charge in [-0.15, -0.1) is 0 Å². The topological polar surface area (TPSA) is 46.0 Å². The minimum absolute atomic E-state index is 0.398. The number of benzene rings is 1. The first-order chi connectivity index (χ1) is 9.83. The van der Waals surface area contributed by atoms with Crippen LogP contribution in [0.1, 0.15) is 12.5 Å². The largest absolute Gasteiger partial charge is 0.370 e. The van der Waals surface area contributed by atoms with Gasteiger partial charge in [-0.25, -0.2) is 4.98 Å². The van der Waals surface area contributed by atoms with E-state index in [2.05, 4.69) is 51.5 Å². The second-order valence-electron chi connectivity index (χ2n) is 5.34. The molecule has 1 aliphatic heterocycles. The molecular formula is C15H21N5. The lowest BCUT2D eigenvalue weighted by atomic mass is 10.2. The van der Waals surface area contributed by atoms with Crippen molar-refractivity contribution in [1.29, 1.82) is 0 Å². The van der Waals surface area contributed by atoms with Crippen molar-refractivity contribution in [2.75, 3.05) is 24.5 Å². The molecule has 0 saturated carbocycles. The average Bonchev–Trinajstić information content (AvgIpc) is 3.09. The van der Waals surface area contributed by atoms with Crippen LogP contribution in [0.5, 0.6) is 0 Å². The molecule has 2 aromatic rings. The maximum absolute atomic E-state index is 4.13. The summed E-state index contributed by atoms with van der Waals surface area (Å²) in [5, 5.41) is 7.67.